The van der Waals surface area contributed by atoms with Crippen molar-refractivity contribution in [2.24, 2.45) is 11.7 Å². The molecule has 2 amide bonds. The van der Waals surface area contributed by atoms with Crippen molar-refractivity contribution in [2.75, 3.05) is 19.7 Å². The number of hydrogen-bond acceptors (Lipinski definition) is 4. The molecule has 6 heteroatoms. The van der Waals surface area contributed by atoms with Crippen molar-refractivity contribution < 1.29 is 14.7 Å². The fourth-order valence-corrected chi connectivity index (χ4v) is 1.29. The van der Waals surface area contributed by atoms with Crippen LogP contribution in [0.3, 0.4) is 0 Å². The molecular weight excluding hydrogens is 234 g/mol. The third kappa shape index (κ3) is 8.03. The lowest BCUT2D eigenvalue weighted by Gasteiger charge is -2.15. The summed E-state index contributed by atoms with van der Waals surface area (Å²) >= 11 is 0. The topological polar surface area (TPSA) is 104 Å². The lowest BCUT2D eigenvalue weighted by atomic mass is 10.1. The maximum atomic E-state index is 11.5. The predicted octanol–water partition coefficient (Wildman–Crippen LogP) is -0.635. The van der Waals surface area contributed by atoms with E-state index in [1.165, 1.54) is 0 Å². The fraction of sp³-hybridized carbons (Fsp3) is 0.833. The van der Waals surface area contributed by atoms with E-state index in [0.29, 0.717) is 6.54 Å². The number of nitrogens with two attached hydrogens (primary N) is 1. The Morgan fingerprint density at radius 3 is 2.39 bits per heavy atom. The lowest BCUT2D eigenvalue weighted by Crippen LogP contribution is -2.47. The van der Waals surface area contributed by atoms with Crippen LogP contribution in [0.25, 0.3) is 0 Å². The molecule has 0 aromatic heterocycles. The molecule has 0 aromatic rings. The molecule has 106 valence electrons. The minimum atomic E-state index is -0.581. The number of nitrogens with one attached hydrogen (secondary N) is 2. The van der Waals surface area contributed by atoms with Gasteiger partial charge in [-0.2, -0.15) is 0 Å². The molecule has 0 aliphatic heterocycles. The third-order valence-electron chi connectivity index (χ3n) is 2.60. The van der Waals surface area contributed by atoms with Crippen LogP contribution in [0.2, 0.25) is 0 Å². The van der Waals surface area contributed by atoms with Crippen molar-refractivity contribution in [2.45, 2.75) is 39.2 Å². The summed E-state index contributed by atoms with van der Waals surface area (Å²) in [5, 5.41) is 13.8. The molecule has 0 heterocycles. The largest absolute Gasteiger partial charge is 0.396 e. The summed E-state index contributed by atoms with van der Waals surface area (Å²) < 4.78 is 0. The zero-order valence-corrected chi connectivity index (χ0v) is 11.2. The molecule has 6 nitrogen and oxygen atoms in total. The van der Waals surface area contributed by atoms with Gasteiger partial charge in [0, 0.05) is 13.2 Å². The minimum Gasteiger partial charge on any atom is -0.396 e. The maximum Gasteiger partial charge on any atom is 0.239 e. The summed E-state index contributed by atoms with van der Waals surface area (Å²) in [7, 11) is 0. The molecule has 0 aromatic carbocycles. The molecular formula is C12H25N3O3. The third-order valence-corrected chi connectivity index (χ3v) is 2.60. The predicted molar refractivity (Wildman–Crippen MR) is 69.8 cm³/mol. The monoisotopic (exact) mass is 259 g/mol. The van der Waals surface area contributed by atoms with Crippen LogP contribution < -0.4 is 16.4 Å². The van der Waals surface area contributed by atoms with Crippen LogP contribution in [0.1, 0.15) is 33.1 Å². The van der Waals surface area contributed by atoms with E-state index in [1.54, 1.807) is 0 Å². The Bertz CT molecular complexity index is 257. The quantitative estimate of drug-likeness (QED) is 0.414. The summed E-state index contributed by atoms with van der Waals surface area (Å²) in [5.41, 5.74) is 5.63. The lowest BCUT2D eigenvalue weighted by molar-refractivity contribution is -0.127. The number of unbranched alkanes of at least 4 members (excludes halogenated alkanes) is 2. The Balaban J connectivity index is 3.61. The summed E-state index contributed by atoms with van der Waals surface area (Å²) in [5.74, 6) is -0.477. The molecule has 0 bridgehead atoms. The zero-order chi connectivity index (χ0) is 14.0. The van der Waals surface area contributed by atoms with Gasteiger partial charge in [-0.1, -0.05) is 13.8 Å². The Kier molecular flexibility index (Phi) is 9.22. The average molecular weight is 259 g/mol. The molecule has 1 atom stereocenters. The highest BCUT2D eigenvalue weighted by molar-refractivity contribution is 5.87. The van der Waals surface area contributed by atoms with Gasteiger partial charge in [-0.15, -0.1) is 0 Å². The van der Waals surface area contributed by atoms with E-state index in [2.05, 4.69) is 10.6 Å². The van der Waals surface area contributed by atoms with E-state index in [9.17, 15) is 9.59 Å². The van der Waals surface area contributed by atoms with Crippen LogP contribution in [0, 0.1) is 5.92 Å². The minimum absolute atomic E-state index is 0.0424. The molecule has 0 fully saturated rings. The molecule has 18 heavy (non-hydrogen) atoms. The highest BCUT2D eigenvalue weighted by Crippen LogP contribution is 1.97. The van der Waals surface area contributed by atoms with Gasteiger partial charge in [0.1, 0.15) is 0 Å². The van der Waals surface area contributed by atoms with Crippen molar-refractivity contribution in [3.05, 3.63) is 0 Å². The first-order valence-corrected chi connectivity index (χ1v) is 6.40. The molecule has 0 aliphatic carbocycles. The molecule has 0 saturated carbocycles. The van der Waals surface area contributed by atoms with E-state index >= 15 is 0 Å². The zero-order valence-electron chi connectivity index (χ0n) is 11.2. The standard InChI is InChI=1S/C12H25N3O3/c1-9(2)11(13)12(18)15-8-10(17)14-6-4-3-5-7-16/h9,11,16H,3-8,13H2,1-2H3,(H,14,17)(H,15,18)/t11-/m0/s1. The summed E-state index contributed by atoms with van der Waals surface area (Å²) in [6.45, 7) is 4.40. The average Bonchev–Trinajstić information content (AvgIpc) is 2.34. The van der Waals surface area contributed by atoms with Gasteiger partial charge in [0.15, 0.2) is 0 Å². The molecule has 0 unspecified atom stereocenters. The van der Waals surface area contributed by atoms with Crippen LogP contribution in [0.4, 0.5) is 0 Å². The first kappa shape index (κ1) is 16.9. The number of carbonyl (C=O) groups is 2. The summed E-state index contributed by atoms with van der Waals surface area (Å²) in [4.78, 5) is 22.8. The number of rotatable bonds is 9. The van der Waals surface area contributed by atoms with Gasteiger partial charge in [-0.3, -0.25) is 9.59 Å². The van der Waals surface area contributed by atoms with Crippen LogP contribution >= 0.6 is 0 Å². The normalized spacial score (nSPS) is 12.3. The molecule has 0 aliphatic rings. The highest BCUT2D eigenvalue weighted by Gasteiger charge is 2.17. The number of aliphatic hydroxyl groups is 1. The number of carbonyl (C=O) groups excluding carboxylic acids is 2. The Labute approximate surface area is 108 Å². The van der Waals surface area contributed by atoms with Crippen LogP contribution in [-0.2, 0) is 9.59 Å². The van der Waals surface area contributed by atoms with Gasteiger partial charge in [0.25, 0.3) is 0 Å². The first-order chi connectivity index (χ1) is 8.49. The van der Waals surface area contributed by atoms with Crippen LogP contribution in [0.15, 0.2) is 0 Å². The van der Waals surface area contributed by atoms with Crippen LogP contribution in [-0.4, -0.2) is 42.7 Å². The van der Waals surface area contributed by atoms with E-state index in [4.69, 9.17) is 10.8 Å². The molecule has 0 radical (unpaired) electrons. The van der Waals surface area contributed by atoms with Gasteiger partial charge in [0.05, 0.1) is 12.6 Å². The van der Waals surface area contributed by atoms with Crippen molar-refractivity contribution in [1.82, 2.24) is 10.6 Å². The number of hydrogen-bond donors (Lipinski definition) is 4. The Morgan fingerprint density at radius 1 is 1.17 bits per heavy atom. The van der Waals surface area contributed by atoms with Gasteiger partial charge >= 0.3 is 0 Å². The molecule has 0 spiro atoms. The molecule has 0 rings (SSSR count). The van der Waals surface area contributed by atoms with E-state index < -0.39 is 6.04 Å². The SMILES string of the molecule is CC(C)[C@H](N)C(=O)NCC(=O)NCCCCCO. The van der Waals surface area contributed by atoms with Crippen molar-refractivity contribution in [3.63, 3.8) is 0 Å². The summed E-state index contributed by atoms with van der Waals surface area (Å²) in [6.07, 6.45) is 2.45. The van der Waals surface area contributed by atoms with Gasteiger partial charge in [-0.25, -0.2) is 0 Å². The first-order valence-electron chi connectivity index (χ1n) is 6.40. The smallest absolute Gasteiger partial charge is 0.239 e. The van der Waals surface area contributed by atoms with Crippen molar-refractivity contribution in [3.8, 4) is 0 Å². The Hall–Kier alpha value is -1.14. The van der Waals surface area contributed by atoms with E-state index in [1.807, 2.05) is 13.8 Å². The van der Waals surface area contributed by atoms with Crippen LogP contribution in [0.5, 0.6) is 0 Å². The second kappa shape index (κ2) is 9.85. The second-order valence-corrected chi connectivity index (χ2v) is 4.62. The second-order valence-electron chi connectivity index (χ2n) is 4.62. The van der Waals surface area contributed by atoms with E-state index in [-0.39, 0.29) is 30.9 Å². The van der Waals surface area contributed by atoms with Gasteiger partial charge < -0.3 is 21.5 Å². The molecule has 5 N–H and O–H groups in total. The van der Waals surface area contributed by atoms with E-state index in [0.717, 1.165) is 19.3 Å². The Morgan fingerprint density at radius 2 is 1.83 bits per heavy atom. The number of aliphatic hydroxyl groups excluding tert-OH is 1. The maximum absolute atomic E-state index is 11.5. The molecule has 0 saturated heterocycles. The van der Waals surface area contributed by atoms with Crippen molar-refractivity contribution >= 4 is 11.8 Å². The van der Waals surface area contributed by atoms with Gasteiger partial charge in [0.2, 0.25) is 11.8 Å². The van der Waals surface area contributed by atoms with Crippen molar-refractivity contribution in [1.29, 1.82) is 0 Å². The number of amides is 2. The highest BCUT2D eigenvalue weighted by atomic mass is 16.3. The van der Waals surface area contributed by atoms with Gasteiger partial charge in [-0.05, 0) is 25.2 Å². The summed E-state index contributed by atoms with van der Waals surface area (Å²) in [6, 6.07) is -0.581. The fourth-order valence-electron chi connectivity index (χ4n) is 1.29.